The fraction of sp³-hybridized carbons (Fsp3) is 0.692. The Bertz CT molecular complexity index is 415. The van der Waals surface area contributed by atoms with Crippen molar-refractivity contribution in [3.05, 3.63) is 15.6 Å². The van der Waals surface area contributed by atoms with Crippen molar-refractivity contribution in [2.75, 3.05) is 19.6 Å². The molecule has 3 rings (SSSR count). The monoisotopic (exact) mass is 264 g/mol. The van der Waals surface area contributed by atoms with Crippen LogP contribution in [-0.4, -0.2) is 30.6 Å². The lowest BCUT2D eigenvalue weighted by molar-refractivity contribution is 0.678. The van der Waals surface area contributed by atoms with E-state index in [0.29, 0.717) is 0 Å². The summed E-state index contributed by atoms with van der Waals surface area (Å²) in [6, 6.07) is 0. The number of nitrogens with one attached hydrogen (secondary N) is 2. The second kappa shape index (κ2) is 5.69. The minimum absolute atomic E-state index is 0.929. The van der Waals surface area contributed by atoms with E-state index in [2.05, 4.69) is 15.6 Å². The van der Waals surface area contributed by atoms with Crippen molar-refractivity contribution in [3.8, 4) is 0 Å². The summed E-state index contributed by atoms with van der Waals surface area (Å²) in [5.74, 6) is 0.961. The lowest BCUT2D eigenvalue weighted by atomic mass is 10.0. The molecule has 0 atom stereocenters. The maximum absolute atomic E-state index is 4.75. The Hall–Kier alpha value is -1.10. The van der Waals surface area contributed by atoms with E-state index in [1.54, 1.807) is 0 Å². The third-order valence-electron chi connectivity index (χ3n) is 3.42. The first-order chi connectivity index (χ1) is 8.92. The van der Waals surface area contributed by atoms with Gasteiger partial charge in [0, 0.05) is 30.9 Å². The average Bonchev–Trinajstić information content (AvgIpc) is 2.82. The van der Waals surface area contributed by atoms with Crippen LogP contribution < -0.4 is 10.6 Å². The molecule has 2 heterocycles. The van der Waals surface area contributed by atoms with Gasteiger partial charge in [0.2, 0.25) is 0 Å². The first-order valence-corrected chi connectivity index (χ1v) is 7.73. The molecule has 0 radical (unpaired) electrons. The van der Waals surface area contributed by atoms with Gasteiger partial charge in [-0.25, -0.2) is 4.98 Å². The molecule has 0 spiro atoms. The molecule has 0 saturated carbocycles. The van der Waals surface area contributed by atoms with Gasteiger partial charge in [0.05, 0.1) is 10.7 Å². The van der Waals surface area contributed by atoms with Gasteiger partial charge in [-0.1, -0.05) is 0 Å². The number of aryl methyl sites for hydroxylation is 2. The number of fused-ring (bicyclic) bond motifs is 1. The second-order valence-electron chi connectivity index (χ2n) is 4.87. The van der Waals surface area contributed by atoms with Crippen LogP contribution in [-0.2, 0) is 19.3 Å². The van der Waals surface area contributed by atoms with Crippen molar-refractivity contribution in [1.29, 1.82) is 0 Å². The van der Waals surface area contributed by atoms with Crippen LogP contribution in [0.5, 0.6) is 0 Å². The van der Waals surface area contributed by atoms with Crippen LogP contribution in [0.1, 0.15) is 34.8 Å². The summed E-state index contributed by atoms with van der Waals surface area (Å²) < 4.78 is 0. The highest BCUT2D eigenvalue weighted by Crippen LogP contribution is 2.26. The topological polar surface area (TPSA) is 49.3 Å². The maximum atomic E-state index is 4.75. The van der Waals surface area contributed by atoms with E-state index >= 15 is 0 Å². The lowest BCUT2D eigenvalue weighted by Gasteiger charge is -2.15. The molecule has 2 aliphatic rings. The lowest BCUT2D eigenvalue weighted by Crippen LogP contribution is -2.41. The fourth-order valence-corrected chi connectivity index (χ4v) is 3.61. The van der Waals surface area contributed by atoms with Crippen LogP contribution in [0.3, 0.4) is 0 Å². The Labute approximate surface area is 112 Å². The third kappa shape index (κ3) is 2.83. The van der Waals surface area contributed by atoms with Crippen molar-refractivity contribution in [2.45, 2.75) is 38.5 Å². The minimum Gasteiger partial charge on any atom is -0.356 e. The SMILES string of the molecule is C1CN=C(NCCc2nc3c(s2)CCCC3)NC1. The molecule has 0 saturated heterocycles. The smallest absolute Gasteiger partial charge is 0.191 e. The molecule has 0 aromatic carbocycles. The number of guanidine groups is 1. The summed E-state index contributed by atoms with van der Waals surface area (Å²) >= 11 is 1.91. The standard InChI is InChI=1S/C13H20N4S/c1-2-5-11-10(4-1)17-12(18-11)6-9-16-13-14-7-3-8-15-13/h1-9H2,(H2,14,15,16). The number of hydrogen-bond donors (Lipinski definition) is 2. The molecule has 1 aliphatic heterocycles. The molecule has 1 aromatic heterocycles. The number of hydrogen-bond acceptors (Lipinski definition) is 5. The molecule has 0 bridgehead atoms. The highest BCUT2D eigenvalue weighted by molar-refractivity contribution is 7.11. The van der Waals surface area contributed by atoms with Crippen molar-refractivity contribution in [2.24, 2.45) is 4.99 Å². The molecule has 1 aromatic rings. The Balaban J connectivity index is 1.50. The maximum Gasteiger partial charge on any atom is 0.191 e. The zero-order valence-electron chi connectivity index (χ0n) is 10.7. The number of aliphatic imine (C=N–C) groups is 1. The van der Waals surface area contributed by atoms with E-state index in [-0.39, 0.29) is 0 Å². The van der Waals surface area contributed by atoms with Gasteiger partial charge in [0.15, 0.2) is 5.96 Å². The van der Waals surface area contributed by atoms with E-state index in [9.17, 15) is 0 Å². The molecular formula is C13H20N4S. The third-order valence-corrected chi connectivity index (χ3v) is 4.64. The average molecular weight is 264 g/mol. The summed E-state index contributed by atoms with van der Waals surface area (Å²) in [5, 5.41) is 7.92. The van der Waals surface area contributed by atoms with Gasteiger partial charge in [-0.05, 0) is 32.1 Å². The zero-order valence-corrected chi connectivity index (χ0v) is 11.5. The van der Waals surface area contributed by atoms with Crippen molar-refractivity contribution in [3.63, 3.8) is 0 Å². The summed E-state index contributed by atoms with van der Waals surface area (Å²) in [4.78, 5) is 10.7. The Morgan fingerprint density at radius 3 is 3.00 bits per heavy atom. The molecule has 18 heavy (non-hydrogen) atoms. The molecule has 2 N–H and O–H groups in total. The molecule has 0 fully saturated rings. The quantitative estimate of drug-likeness (QED) is 0.870. The molecular weight excluding hydrogens is 244 g/mol. The molecule has 0 unspecified atom stereocenters. The van der Waals surface area contributed by atoms with Gasteiger partial charge in [0.25, 0.3) is 0 Å². The van der Waals surface area contributed by atoms with Crippen LogP contribution in [0.2, 0.25) is 0 Å². The largest absolute Gasteiger partial charge is 0.356 e. The first-order valence-electron chi connectivity index (χ1n) is 6.91. The van der Waals surface area contributed by atoms with E-state index in [1.807, 2.05) is 11.3 Å². The molecule has 5 heteroatoms. The van der Waals surface area contributed by atoms with E-state index < -0.39 is 0 Å². The van der Waals surface area contributed by atoms with E-state index in [1.165, 1.54) is 41.3 Å². The van der Waals surface area contributed by atoms with Crippen molar-refractivity contribution < 1.29 is 0 Å². The van der Waals surface area contributed by atoms with Crippen LogP contribution in [0.15, 0.2) is 4.99 Å². The second-order valence-corrected chi connectivity index (χ2v) is 6.04. The van der Waals surface area contributed by atoms with Gasteiger partial charge in [-0.3, -0.25) is 4.99 Å². The molecule has 1 aliphatic carbocycles. The molecule has 98 valence electrons. The summed E-state index contributed by atoms with van der Waals surface area (Å²) in [7, 11) is 0. The minimum atomic E-state index is 0.929. The van der Waals surface area contributed by atoms with Crippen LogP contribution >= 0.6 is 11.3 Å². The summed E-state index contributed by atoms with van der Waals surface area (Å²) in [6.45, 7) is 2.91. The Morgan fingerprint density at radius 1 is 1.22 bits per heavy atom. The Kier molecular flexibility index (Phi) is 3.78. The highest BCUT2D eigenvalue weighted by Gasteiger charge is 2.14. The van der Waals surface area contributed by atoms with Crippen molar-refractivity contribution in [1.82, 2.24) is 15.6 Å². The fourth-order valence-electron chi connectivity index (χ4n) is 2.45. The van der Waals surface area contributed by atoms with Crippen LogP contribution in [0.25, 0.3) is 0 Å². The van der Waals surface area contributed by atoms with Gasteiger partial charge in [-0.2, -0.15) is 0 Å². The predicted molar refractivity (Wildman–Crippen MR) is 75.4 cm³/mol. The molecule has 0 amide bonds. The summed E-state index contributed by atoms with van der Waals surface area (Å²) in [6.07, 6.45) is 7.24. The van der Waals surface area contributed by atoms with Gasteiger partial charge in [-0.15, -0.1) is 11.3 Å². The van der Waals surface area contributed by atoms with Crippen LogP contribution in [0, 0.1) is 0 Å². The van der Waals surface area contributed by atoms with Crippen molar-refractivity contribution >= 4 is 17.3 Å². The molecule has 4 nitrogen and oxygen atoms in total. The predicted octanol–water partition coefficient (Wildman–Crippen LogP) is 1.50. The van der Waals surface area contributed by atoms with E-state index in [0.717, 1.165) is 38.4 Å². The summed E-state index contributed by atoms with van der Waals surface area (Å²) in [5.41, 5.74) is 1.37. The Morgan fingerprint density at radius 2 is 2.17 bits per heavy atom. The first kappa shape index (κ1) is 12.0. The van der Waals surface area contributed by atoms with E-state index in [4.69, 9.17) is 4.98 Å². The van der Waals surface area contributed by atoms with Gasteiger partial charge in [0.1, 0.15) is 0 Å². The number of nitrogens with zero attached hydrogens (tertiary/aromatic N) is 2. The normalized spacial score (nSPS) is 18.8. The van der Waals surface area contributed by atoms with Gasteiger partial charge >= 0.3 is 0 Å². The number of rotatable bonds is 3. The number of thiazole rings is 1. The van der Waals surface area contributed by atoms with Gasteiger partial charge < -0.3 is 10.6 Å². The van der Waals surface area contributed by atoms with Crippen LogP contribution in [0.4, 0.5) is 0 Å². The zero-order chi connectivity index (χ0) is 12.2. The number of aromatic nitrogens is 1. The highest BCUT2D eigenvalue weighted by atomic mass is 32.1.